The quantitative estimate of drug-likeness (QED) is 0.515. The number of methoxy groups -OCH3 is 1. The monoisotopic (exact) mass is 199 g/mol. The zero-order valence-corrected chi connectivity index (χ0v) is 7.90. The number of ether oxygens (including phenoxy) is 1. The first-order chi connectivity index (χ1) is 6.63. The molecule has 0 saturated heterocycles. The standard InChI is InChI=1S/C8H10FN3O2/c1-12(5-7(13)14-2)8-10-4-3-6(9)11-8/h3-4H,5H2,1-2H3. The summed E-state index contributed by atoms with van der Waals surface area (Å²) in [6, 6.07) is 1.13. The summed E-state index contributed by atoms with van der Waals surface area (Å²) >= 11 is 0. The van der Waals surface area contributed by atoms with Crippen LogP contribution in [0.25, 0.3) is 0 Å². The van der Waals surface area contributed by atoms with Gasteiger partial charge in [0.25, 0.3) is 0 Å². The molecule has 14 heavy (non-hydrogen) atoms. The Hall–Kier alpha value is -1.72. The molecular formula is C8H10FN3O2. The van der Waals surface area contributed by atoms with Gasteiger partial charge in [0.15, 0.2) is 0 Å². The van der Waals surface area contributed by atoms with Crippen LogP contribution in [0.5, 0.6) is 0 Å². The Labute approximate surface area is 80.5 Å². The molecule has 76 valence electrons. The van der Waals surface area contributed by atoms with Crippen molar-refractivity contribution >= 4 is 11.9 Å². The van der Waals surface area contributed by atoms with E-state index >= 15 is 0 Å². The van der Waals surface area contributed by atoms with Gasteiger partial charge in [0, 0.05) is 19.3 Å². The van der Waals surface area contributed by atoms with Crippen LogP contribution in [0.3, 0.4) is 0 Å². The second-order valence-corrected chi connectivity index (χ2v) is 2.61. The molecule has 0 atom stereocenters. The lowest BCUT2D eigenvalue weighted by Crippen LogP contribution is -2.28. The highest BCUT2D eigenvalue weighted by atomic mass is 19.1. The molecule has 1 rings (SSSR count). The largest absolute Gasteiger partial charge is 0.468 e. The number of rotatable bonds is 3. The SMILES string of the molecule is COC(=O)CN(C)c1nccc(F)n1. The van der Waals surface area contributed by atoms with Crippen molar-refractivity contribution in [2.24, 2.45) is 0 Å². The highest BCUT2D eigenvalue weighted by molar-refractivity contribution is 5.74. The number of esters is 1. The Morgan fingerprint density at radius 3 is 3.00 bits per heavy atom. The summed E-state index contributed by atoms with van der Waals surface area (Å²) in [4.78, 5) is 19.6. The van der Waals surface area contributed by atoms with E-state index in [-0.39, 0.29) is 12.5 Å². The zero-order chi connectivity index (χ0) is 10.6. The van der Waals surface area contributed by atoms with Gasteiger partial charge in [-0.3, -0.25) is 4.79 Å². The first kappa shape index (κ1) is 10.4. The summed E-state index contributed by atoms with van der Waals surface area (Å²) in [7, 11) is 2.86. The number of likely N-dealkylation sites (N-methyl/N-ethyl adjacent to an activating group) is 1. The molecule has 6 heteroatoms. The van der Waals surface area contributed by atoms with Crippen molar-refractivity contribution in [3.63, 3.8) is 0 Å². The molecule has 1 heterocycles. The molecule has 0 bridgehead atoms. The average molecular weight is 199 g/mol. The Morgan fingerprint density at radius 1 is 1.71 bits per heavy atom. The van der Waals surface area contributed by atoms with Crippen LogP contribution in [0.15, 0.2) is 12.3 Å². The van der Waals surface area contributed by atoms with E-state index in [4.69, 9.17) is 0 Å². The highest BCUT2D eigenvalue weighted by Gasteiger charge is 2.09. The third-order valence-electron chi connectivity index (χ3n) is 1.54. The number of nitrogens with zero attached hydrogens (tertiary/aromatic N) is 3. The molecule has 1 aromatic rings. The predicted molar refractivity (Wildman–Crippen MR) is 47.3 cm³/mol. The van der Waals surface area contributed by atoms with Crippen molar-refractivity contribution in [2.75, 3.05) is 25.6 Å². The topological polar surface area (TPSA) is 55.3 Å². The van der Waals surface area contributed by atoms with E-state index in [1.807, 2.05) is 0 Å². The van der Waals surface area contributed by atoms with Crippen molar-refractivity contribution in [3.8, 4) is 0 Å². The summed E-state index contributed by atoms with van der Waals surface area (Å²) in [5.74, 6) is -0.914. The van der Waals surface area contributed by atoms with Crippen LogP contribution in [-0.2, 0) is 9.53 Å². The van der Waals surface area contributed by atoms with Crippen LogP contribution in [0, 0.1) is 5.95 Å². The van der Waals surface area contributed by atoms with Crippen LogP contribution in [0.1, 0.15) is 0 Å². The molecule has 0 unspecified atom stereocenters. The van der Waals surface area contributed by atoms with Gasteiger partial charge < -0.3 is 9.64 Å². The lowest BCUT2D eigenvalue weighted by atomic mass is 10.5. The van der Waals surface area contributed by atoms with E-state index in [0.29, 0.717) is 0 Å². The minimum Gasteiger partial charge on any atom is -0.468 e. The number of aromatic nitrogens is 2. The molecule has 0 aromatic carbocycles. The van der Waals surface area contributed by atoms with Crippen molar-refractivity contribution in [1.82, 2.24) is 9.97 Å². The molecular weight excluding hydrogens is 189 g/mol. The Bertz CT molecular complexity index is 332. The molecule has 0 spiro atoms. The normalized spacial score (nSPS) is 9.64. The number of hydrogen-bond donors (Lipinski definition) is 0. The van der Waals surface area contributed by atoms with Crippen LogP contribution in [-0.4, -0.2) is 36.6 Å². The molecule has 0 aliphatic carbocycles. The maximum absolute atomic E-state index is 12.7. The summed E-state index contributed by atoms with van der Waals surface area (Å²) < 4.78 is 17.1. The second-order valence-electron chi connectivity index (χ2n) is 2.61. The van der Waals surface area contributed by atoms with E-state index in [0.717, 1.165) is 6.07 Å². The third-order valence-corrected chi connectivity index (χ3v) is 1.54. The van der Waals surface area contributed by atoms with Crippen molar-refractivity contribution in [3.05, 3.63) is 18.2 Å². The summed E-state index contributed by atoms with van der Waals surface area (Å²) in [5, 5.41) is 0. The van der Waals surface area contributed by atoms with Crippen LogP contribution >= 0.6 is 0 Å². The van der Waals surface area contributed by atoms with Gasteiger partial charge >= 0.3 is 5.97 Å². The number of carbonyl (C=O) groups excluding carboxylic acids is 1. The summed E-state index contributed by atoms with van der Waals surface area (Å²) in [6.45, 7) is -0.0139. The molecule has 0 amide bonds. The van der Waals surface area contributed by atoms with Gasteiger partial charge in [-0.15, -0.1) is 0 Å². The lowest BCUT2D eigenvalue weighted by Gasteiger charge is -2.14. The van der Waals surface area contributed by atoms with Crippen LogP contribution < -0.4 is 4.90 Å². The molecule has 1 aromatic heterocycles. The Kier molecular flexibility index (Phi) is 3.33. The van der Waals surface area contributed by atoms with E-state index in [2.05, 4.69) is 14.7 Å². The van der Waals surface area contributed by atoms with Crippen molar-refractivity contribution < 1.29 is 13.9 Å². The first-order valence-corrected chi connectivity index (χ1v) is 3.90. The van der Waals surface area contributed by atoms with E-state index in [1.54, 1.807) is 7.05 Å². The predicted octanol–water partition coefficient (Wildman–Crippen LogP) is 0.225. The van der Waals surface area contributed by atoms with E-state index in [9.17, 15) is 9.18 Å². The Balaban J connectivity index is 2.69. The van der Waals surface area contributed by atoms with E-state index < -0.39 is 11.9 Å². The van der Waals surface area contributed by atoms with Gasteiger partial charge in [-0.05, 0) is 0 Å². The summed E-state index contributed by atoms with van der Waals surface area (Å²) in [6.07, 6.45) is 1.28. The molecule has 0 fully saturated rings. The lowest BCUT2D eigenvalue weighted by molar-refractivity contribution is -0.138. The minimum absolute atomic E-state index is 0.0139. The molecule has 0 radical (unpaired) electrons. The van der Waals surface area contributed by atoms with Gasteiger partial charge in [0.1, 0.15) is 6.54 Å². The van der Waals surface area contributed by atoms with Gasteiger partial charge in [0.2, 0.25) is 11.9 Å². The number of anilines is 1. The van der Waals surface area contributed by atoms with Crippen LogP contribution in [0.4, 0.5) is 10.3 Å². The van der Waals surface area contributed by atoms with E-state index in [1.165, 1.54) is 18.2 Å². The maximum Gasteiger partial charge on any atom is 0.325 e. The summed E-state index contributed by atoms with van der Waals surface area (Å²) in [5.41, 5.74) is 0. The number of carbonyl (C=O) groups is 1. The fourth-order valence-electron chi connectivity index (χ4n) is 0.840. The Morgan fingerprint density at radius 2 is 2.43 bits per heavy atom. The molecule has 0 aliphatic rings. The van der Waals surface area contributed by atoms with Gasteiger partial charge in [-0.1, -0.05) is 0 Å². The second kappa shape index (κ2) is 4.50. The fraction of sp³-hybridized carbons (Fsp3) is 0.375. The molecule has 0 aliphatic heterocycles. The fourth-order valence-corrected chi connectivity index (χ4v) is 0.840. The minimum atomic E-state index is -0.633. The number of halogens is 1. The van der Waals surface area contributed by atoms with Crippen LogP contribution in [0.2, 0.25) is 0 Å². The maximum atomic E-state index is 12.7. The third kappa shape index (κ3) is 2.65. The first-order valence-electron chi connectivity index (χ1n) is 3.90. The van der Waals surface area contributed by atoms with Crippen molar-refractivity contribution in [1.29, 1.82) is 0 Å². The molecule has 0 N–H and O–H groups in total. The van der Waals surface area contributed by atoms with Gasteiger partial charge in [-0.2, -0.15) is 9.37 Å². The van der Waals surface area contributed by atoms with Crippen molar-refractivity contribution in [2.45, 2.75) is 0 Å². The van der Waals surface area contributed by atoms with Gasteiger partial charge in [0.05, 0.1) is 7.11 Å². The van der Waals surface area contributed by atoms with Gasteiger partial charge in [-0.25, -0.2) is 4.98 Å². The number of hydrogen-bond acceptors (Lipinski definition) is 5. The smallest absolute Gasteiger partial charge is 0.325 e. The average Bonchev–Trinajstić information content (AvgIpc) is 2.17. The zero-order valence-electron chi connectivity index (χ0n) is 7.90. The molecule has 0 saturated carbocycles. The highest BCUT2D eigenvalue weighted by Crippen LogP contribution is 2.03. The molecule has 5 nitrogen and oxygen atoms in total.